The van der Waals surface area contributed by atoms with Crippen LogP contribution in [0.4, 0.5) is 0 Å². The van der Waals surface area contributed by atoms with E-state index in [4.69, 9.17) is 5.53 Å². The van der Waals surface area contributed by atoms with Gasteiger partial charge in [-0.15, -0.1) is 0 Å². The monoisotopic (exact) mass is 276 g/mol. The van der Waals surface area contributed by atoms with E-state index in [0.29, 0.717) is 13.0 Å². The number of carbonyl (C=O) groups is 1. The molecule has 1 saturated heterocycles. The predicted octanol–water partition coefficient (Wildman–Crippen LogP) is 0.308. The number of nitrogens with one attached hydrogen (secondary N) is 1. The van der Waals surface area contributed by atoms with Crippen molar-refractivity contribution in [3.8, 4) is 0 Å². The first-order chi connectivity index (χ1) is 8.42. The molecule has 0 spiro atoms. The van der Waals surface area contributed by atoms with Gasteiger partial charge in [-0.25, -0.2) is 8.42 Å². The highest BCUT2D eigenvalue weighted by molar-refractivity contribution is 7.91. The van der Waals surface area contributed by atoms with Gasteiger partial charge in [0.15, 0.2) is 0 Å². The Kier molecular flexibility index (Phi) is 4.94. The van der Waals surface area contributed by atoms with Gasteiger partial charge in [0.25, 0.3) is 0 Å². The van der Waals surface area contributed by atoms with Crippen LogP contribution >= 0.6 is 0 Å². The Hall–Kier alpha value is -1.31. The fourth-order valence-electron chi connectivity index (χ4n) is 1.87. The minimum Gasteiger partial charge on any atom is -0.480 e. The molecule has 0 amide bonds. The van der Waals surface area contributed by atoms with Crippen LogP contribution in [-0.4, -0.2) is 49.6 Å². The summed E-state index contributed by atoms with van der Waals surface area (Å²) in [5.74, 6) is -1.24. The summed E-state index contributed by atoms with van der Waals surface area (Å²) in [6.45, 7) is 0.670. The highest BCUT2D eigenvalue weighted by Gasteiger charge is 2.42. The van der Waals surface area contributed by atoms with Crippen molar-refractivity contribution in [3.63, 3.8) is 0 Å². The molecule has 0 saturated carbocycles. The molecular weight excluding hydrogens is 260 g/mol. The minimum absolute atomic E-state index is 0.0756. The van der Waals surface area contributed by atoms with E-state index in [1.165, 1.54) is 0 Å². The maximum absolute atomic E-state index is 11.3. The molecule has 0 aromatic carbocycles. The molecule has 0 atom stereocenters. The molecule has 1 fully saturated rings. The van der Waals surface area contributed by atoms with Gasteiger partial charge in [-0.1, -0.05) is 5.11 Å². The number of sulfone groups is 1. The van der Waals surface area contributed by atoms with Crippen LogP contribution in [0.1, 0.15) is 19.3 Å². The molecule has 0 aromatic rings. The molecule has 9 heteroatoms. The first kappa shape index (κ1) is 14.7. The van der Waals surface area contributed by atoms with Crippen LogP contribution in [0, 0.1) is 0 Å². The van der Waals surface area contributed by atoms with Crippen LogP contribution in [0.3, 0.4) is 0 Å². The summed E-state index contributed by atoms with van der Waals surface area (Å²) in [5.41, 5.74) is 6.92. The van der Waals surface area contributed by atoms with Crippen molar-refractivity contribution >= 4 is 15.8 Å². The second-order valence-corrected chi connectivity index (χ2v) is 6.58. The second-order valence-electron chi connectivity index (χ2n) is 4.27. The van der Waals surface area contributed by atoms with Crippen LogP contribution in [0.15, 0.2) is 5.11 Å². The quantitative estimate of drug-likeness (QED) is 0.312. The summed E-state index contributed by atoms with van der Waals surface area (Å²) in [7, 11) is -3.10. The molecule has 0 aromatic heterocycles. The lowest BCUT2D eigenvalue weighted by molar-refractivity contribution is -0.145. The van der Waals surface area contributed by atoms with Gasteiger partial charge in [0, 0.05) is 11.5 Å². The van der Waals surface area contributed by atoms with Crippen LogP contribution in [0.5, 0.6) is 0 Å². The molecule has 1 rings (SSSR count). The van der Waals surface area contributed by atoms with E-state index in [2.05, 4.69) is 15.3 Å². The standard InChI is InChI=1S/C9H16N4O4S/c10-13-12-5-1-4-11-9(8(14)15)2-6-18(16,17)7-3-9/h11H,1-7H2,(H,14,15). The van der Waals surface area contributed by atoms with Gasteiger partial charge in [-0.05, 0) is 31.3 Å². The maximum Gasteiger partial charge on any atom is 0.323 e. The van der Waals surface area contributed by atoms with Crippen molar-refractivity contribution in [1.82, 2.24) is 5.32 Å². The van der Waals surface area contributed by atoms with Gasteiger partial charge in [0.05, 0.1) is 11.5 Å². The fourth-order valence-corrected chi connectivity index (χ4v) is 3.40. The highest BCUT2D eigenvalue weighted by Crippen LogP contribution is 2.24. The number of hydrogen-bond acceptors (Lipinski definition) is 5. The molecule has 18 heavy (non-hydrogen) atoms. The number of hydrogen-bond donors (Lipinski definition) is 2. The second kappa shape index (κ2) is 6.03. The lowest BCUT2D eigenvalue weighted by atomic mass is 9.92. The Morgan fingerprint density at radius 2 is 2.06 bits per heavy atom. The van der Waals surface area contributed by atoms with E-state index >= 15 is 0 Å². The van der Waals surface area contributed by atoms with Crippen LogP contribution in [-0.2, 0) is 14.6 Å². The SMILES string of the molecule is [N-]=[N+]=NCCCNC1(C(=O)O)CCS(=O)(=O)CC1. The van der Waals surface area contributed by atoms with Gasteiger partial charge in [-0.2, -0.15) is 0 Å². The summed E-state index contributed by atoms with van der Waals surface area (Å²) in [6.07, 6.45) is 0.671. The van der Waals surface area contributed by atoms with Gasteiger partial charge >= 0.3 is 5.97 Å². The highest BCUT2D eigenvalue weighted by atomic mass is 32.2. The molecular formula is C9H16N4O4S. The summed E-state index contributed by atoms with van der Waals surface area (Å²) in [5, 5.41) is 15.4. The topological polar surface area (TPSA) is 132 Å². The molecule has 102 valence electrons. The van der Waals surface area contributed by atoms with Crippen molar-refractivity contribution in [2.75, 3.05) is 24.6 Å². The molecule has 0 unspecified atom stereocenters. The smallest absolute Gasteiger partial charge is 0.323 e. The number of carboxylic acids is 1. The van der Waals surface area contributed by atoms with Gasteiger partial charge in [0.1, 0.15) is 15.4 Å². The molecule has 2 N–H and O–H groups in total. The Morgan fingerprint density at radius 3 is 2.56 bits per heavy atom. The third kappa shape index (κ3) is 3.86. The van der Waals surface area contributed by atoms with E-state index < -0.39 is 21.3 Å². The third-order valence-corrected chi connectivity index (χ3v) is 4.70. The van der Waals surface area contributed by atoms with Crippen molar-refractivity contribution in [1.29, 1.82) is 0 Å². The van der Waals surface area contributed by atoms with Crippen molar-refractivity contribution < 1.29 is 18.3 Å². The zero-order valence-electron chi connectivity index (χ0n) is 9.87. The average molecular weight is 276 g/mol. The van der Waals surface area contributed by atoms with Crippen molar-refractivity contribution in [3.05, 3.63) is 10.4 Å². The summed E-state index contributed by atoms with van der Waals surface area (Å²) < 4.78 is 22.6. The van der Waals surface area contributed by atoms with E-state index in [1.807, 2.05) is 0 Å². The van der Waals surface area contributed by atoms with E-state index in [0.717, 1.165) is 0 Å². The maximum atomic E-state index is 11.3. The molecule has 1 aliphatic rings. The molecule has 0 bridgehead atoms. The van der Waals surface area contributed by atoms with Gasteiger partial charge in [-0.3, -0.25) is 4.79 Å². The summed E-state index contributed by atoms with van der Waals surface area (Å²) >= 11 is 0. The number of nitrogens with zero attached hydrogens (tertiary/aromatic N) is 3. The minimum atomic E-state index is -3.10. The summed E-state index contributed by atoms with van der Waals surface area (Å²) in [6, 6.07) is 0. The Bertz CT molecular complexity index is 441. The van der Waals surface area contributed by atoms with Crippen molar-refractivity contribution in [2.45, 2.75) is 24.8 Å². The third-order valence-electron chi connectivity index (χ3n) is 3.05. The largest absolute Gasteiger partial charge is 0.480 e. The molecule has 1 heterocycles. The van der Waals surface area contributed by atoms with E-state index in [-0.39, 0.29) is 30.9 Å². The first-order valence-electron chi connectivity index (χ1n) is 5.62. The van der Waals surface area contributed by atoms with Crippen molar-refractivity contribution in [2.24, 2.45) is 5.11 Å². The average Bonchev–Trinajstić information content (AvgIpc) is 2.31. The zero-order chi connectivity index (χ0) is 13.6. The fraction of sp³-hybridized carbons (Fsp3) is 0.889. The molecule has 0 radical (unpaired) electrons. The van der Waals surface area contributed by atoms with Gasteiger partial charge in [0.2, 0.25) is 0 Å². The van der Waals surface area contributed by atoms with Crippen LogP contribution in [0.2, 0.25) is 0 Å². The lowest BCUT2D eigenvalue weighted by Gasteiger charge is -2.34. The number of rotatable bonds is 6. The van der Waals surface area contributed by atoms with Crippen LogP contribution in [0.25, 0.3) is 10.4 Å². The predicted molar refractivity (Wildman–Crippen MR) is 64.9 cm³/mol. The normalized spacial score (nSPS) is 20.9. The molecule has 1 aliphatic heterocycles. The lowest BCUT2D eigenvalue weighted by Crippen LogP contribution is -2.56. The Balaban J connectivity index is 2.55. The first-order valence-corrected chi connectivity index (χ1v) is 7.44. The number of azide groups is 1. The van der Waals surface area contributed by atoms with E-state index in [1.54, 1.807) is 0 Å². The van der Waals surface area contributed by atoms with E-state index in [9.17, 15) is 18.3 Å². The molecule has 0 aliphatic carbocycles. The zero-order valence-corrected chi connectivity index (χ0v) is 10.7. The Morgan fingerprint density at radius 1 is 1.44 bits per heavy atom. The summed E-state index contributed by atoms with van der Waals surface area (Å²) in [4.78, 5) is 13.9. The number of aliphatic carboxylic acids is 1. The Labute approximate surface area is 105 Å². The molecule has 8 nitrogen and oxygen atoms in total. The van der Waals surface area contributed by atoms with Gasteiger partial charge < -0.3 is 10.4 Å². The number of carboxylic acid groups (broad SMARTS) is 1. The van der Waals surface area contributed by atoms with Crippen LogP contribution < -0.4 is 5.32 Å².